The average molecular weight is 171 g/mol. The zero-order valence-corrected chi connectivity index (χ0v) is 7.00. The van der Waals surface area contributed by atoms with Gasteiger partial charge in [-0.1, -0.05) is 13.8 Å². The van der Waals surface area contributed by atoms with Gasteiger partial charge in [0, 0.05) is 11.5 Å². The van der Waals surface area contributed by atoms with Crippen molar-refractivity contribution in [2.24, 2.45) is 5.41 Å². The van der Waals surface area contributed by atoms with Gasteiger partial charge in [0.05, 0.1) is 4.92 Å². The van der Waals surface area contributed by atoms with Gasteiger partial charge in [-0.2, -0.15) is 0 Å². The van der Waals surface area contributed by atoms with Crippen LogP contribution in [0.1, 0.15) is 20.3 Å². The molecule has 0 fully saturated rings. The van der Waals surface area contributed by atoms with E-state index in [0.29, 0.717) is 6.42 Å². The molecule has 66 valence electrons. The Hall–Kier alpha value is -1.19. The van der Waals surface area contributed by atoms with Gasteiger partial charge in [-0.3, -0.25) is 10.1 Å². The second kappa shape index (κ2) is 2.69. The monoisotopic (exact) mass is 171 g/mol. The van der Waals surface area contributed by atoms with Crippen molar-refractivity contribution in [3.05, 3.63) is 33.8 Å². The molecule has 0 saturated carbocycles. The van der Waals surface area contributed by atoms with E-state index in [9.17, 15) is 14.5 Å². The Morgan fingerprint density at radius 2 is 2.25 bits per heavy atom. The summed E-state index contributed by atoms with van der Waals surface area (Å²) in [5.74, 6) is -0.420. The average Bonchev–Trinajstić information content (AvgIpc) is 1.94. The van der Waals surface area contributed by atoms with Crippen LogP contribution in [0.5, 0.6) is 0 Å². The minimum Gasteiger partial charge on any atom is -0.258 e. The van der Waals surface area contributed by atoms with E-state index in [1.165, 1.54) is 6.08 Å². The minimum atomic E-state index is -0.584. The van der Waals surface area contributed by atoms with Gasteiger partial charge in [-0.15, -0.1) is 0 Å². The van der Waals surface area contributed by atoms with Gasteiger partial charge in [0.15, 0.2) is 0 Å². The van der Waals surface area contributed by atoms with Gasteiger partial charge >= 0.3 is 0 Å². The Labute approximate surface area is 69.7 Å². The van der Waals surface area contributed by atoms with E-state index in [0.717, 1.165) is 6.08 Å². The van der Waals surface area contributed by atoms with Crippen molar-refractivity contribution in [2.45, 2.75) is 20.3 Å². The maximum atomic E-state index is 13.1. The largest absolute Gasteiger partial charge is 0.268 e. The highest BCUT2D eigenvalue weighted by Gasteiger charge is 2.29. The Balaban J connectivity index is 2.93. The van der Waals surface area contributed by atoms with Crippen molar-refractivity contribution in [2.75, 3.05) is 0 Å². The topological polar surface area (TPSA) is 43.1 Å². The normalized spacial score (nSPS) is 21.2. The smallest absolute Gasteiger partial charge is 0.258 e. The molecular formula is C8H10FNO2. The van der Waals surface area contributed by atoms with Crippen LogP contribution in [0.15, 0.2) is 23.7 Å². The molecule has 0 amide bonds. The highest BCUT2D eigenvalue weighted by molar-refractivity contribution is 5.24. The molecule has 0 heterocycles. The fourth-order valence-electron chi connectivity index (χ4n) is 0.969. The summed E-state index contributed by atoms with van der Waals surface area (Å²) in [6.07, 6.45) is 2.82. The maximum absolute atomic E-state index is 13.1. The van der Waals surface area contributed by atoms with Crippen LogP contribution >= 0.6 is 0 Å². The molecule has 0 N–H and O–H groups in total. The molecule has 0 bridgehead atoms. The van der Waals surface area contributed by atoms with Crippen LogP contribution in [0.2, 0.25) is 0 Å². The molecule has 0 unspecified atom stereocenters. The van der Waals surface area contributed by atoms with E-state index in [1.807, 2.05) is 0 Å². The molecule has 0 aromatic rings. The molecule has 1 aliphatic rings. The molecule has 3 nitrogen and oxygen atoms in total. The summed E-state index contributed by atoms with van der Waals surface area (Å²) in [5.41, 5.74) is -0.730. The molecule has 0 atom stereocenters. The summed E-state index contributed by atoms with van der Waals surface area (Å²) >= 11 is 0. The molecule has 1 rings (SSSR count). The zero-order valence-electron chi connectivity index (χ0n) is 7.00. The molecule has 4 heteroatoms. The summed E-state index contributed by atoms with van der Waals surface area (Å²) in [7, 11) is 0. The van der Waals surface area contributed by atoms with Crippen LogP contribution in [-0.2, 0) is 0 Å². The van der Waals surface area contributed by atoms with Crippen molar-refractivity contribution in [3.63, 3.8) is 0 Å². The van der Waals surface area contributed by atoms with Gasteiger partial charge in [0.25, 0.3) is 5.70 Å². The first-order valence-corrected chi connectivity index (χ1v) is 3.66. The molecule has 1 aliphatic carbocycles. The highest BCUT2D eigenvalue weighted by atomic mass is 19.1. The lowest BCUT2D eigenvalue weighted by atomic mass is 9.84. The summed E-state index contributed by atoms with van der Waals surface area (Å²) in [6.45, 7) is 3.43. The Morgan fingerprint density at radius 1 is 1.67 bits per heavy atom. The molecule has 12 heavy (non-hydrogen) atoms. The van der Waals surface area contributed by atoms with Crippen LogP contribution in [0.4, 0.5) is 4.39 Å². The summed E-state index contributed by atoms with van der Waals surface area (Å²) in [5, 5.41) is 10.2. The Bertz CT molecular complexity index is 279. The van der Waals surface area contributed by atoms with Crippen LogP contribution < -0.4 is 0 Å². The van der Waals surface area contributed by atoms with Gasteiger partial charge in [0.1, 0.15) is 5.83 Å². The van der Waals surface area contributed by atoms with Crippen LogP contribution in [0.3, 0.4) is 0 Å². The van der Waals surface area contributed by atoms with Crippen LogP contribution in [0, 0.1) is 15.5 Å². The van der Waals surface area contributed by atoms with Crippen molar-refractivity contribution in [1.82, 2.24) is 0 Å². The van der Waals surface area contributed by atoms with E-state index in [4.69, 9.17) is 0 Å². The predicted molar refractivity (Wildman–Crippen MR) is 42.7 cm³/mol. The van der Waals surface area contributed by atoms with Crippen molar-refractivity contribution < 1.29 is 9.31 Å². The third kappa shape index (κ3) is 1.52. The first-order chi connectivity index (χ1) is 5.43. The van der Waals surface area contributed by atoms with Crippen LogP contribution in [-0.4, -0.2) is 4.92 Å². The number of hydrogen-bond acceptors (Lipinski definition) is 2. The Kier molecular flexibility index (Phi) is 2.00. The van der Waals surface area contributed by atoms with Crippen molar-refractivity contribution >= 4 is 0 Å². The van der Waals surface area contributed by atoms with Crippen LogP contribution in [0.25, 0.3) is 0 Å². The van der Waals surface area contributed by atoms with Crippen molar-refractivity contribution in [3.8, 4) is 0 Å². The van der Waals surface area contributed by atoms with E-state index < -0.39 is 16.2 Å². The van der Waals surface area contributed by atoms with Gasteiger partial charge in [-0.05, 0) is 12.5 Å². The first kappa shape index (κ1) is 8.90. The standard InChI is InChI=1S/C8H10FNO2/c1-8(2)4-3-6(10(11)12)5-7(8)9/h3,5H,4H2,1-2H3. The maximum Gasteiger partial charge on any atom is 0.268 e. The number of halogens is 1. The molecule has 0 saturated heterocycles. The number of nitro groups is 1. The third-order valence-corrected chi connectivity index (χ3v) is 1.95. The SMILES string of the molecule is CC1(C)CC=C([N+](=O)[O-])C=C1F. The lowest BCUT2D eigenvalue weighted by Crippen LogP contribution is -2.16. The second-order valence-corrected chi connectivity index (χ2v) is 3.47. The van der Waals surface area contributed by atoms with E-state index in [2.05, 4.69) is 0 Å². The Morgan fingerprint density at radius 3 is 2.67 bits per heavy atom. The van der Waals surface area contributed by atoms with E-state index in [-0.39, 0.29) is 5.70 Å². The van der Waals surface area contributed by atoms with E-state index in [1.54, 1.807) is 13.8 Å². The highest BCUT2D eigenvalue weighted by Crippen LogP contribution is 2.36. The number of allylic oxidation sites excluding steroid dienone is 3. The van der Waals surface area contributed by atoms with Gasteiger partial charge < -0.3 is 0 Å². The fraction of sp³-hybridized carbons (Fsp3) is 0.500. The molecule has 0 aromatic heterocycles. The molecule has 0 spiro atoms. The quantitative estimate of drug-likeness (QED) is 0.449. The third-order valence-electron chi connectivity index (χ3n) is 1.95. The minimum absolute atomic E-state index is 0.146. The molecule has 0 aromatic carbocycles. The number of hydrogen-bond donors (Lipinski definition) is 0. The van der Waals surface area contributed by atoms with Crippen molar-refractivity contribution in [1.29, 1.82) is 0 Å². The summed E-state index contributed by atoms with van der Waals surface area (Å²) in [4.78, 5) is 9.66. The predicted octanol–water partition coefficient (Wildman–Crippen LogP) is 2.43. The molecule has 0 radical (unpaired) electrons. The summed E-state index contributed by atoms with van der Waals surface area (Å²) in [6, 6.07) is 0. The number of nitrogens with zero attached hydrogens (tertiary/aromatic N) is 1. The zero-order chi connectivity index (χ0) is 9.35. The summed E-state index contributed by atoms with van der Waals surface area (Å²) < 4.78 is 13.1. The number of rotatable bonds is 1. The van der Waals surface area contributed by atoms with Gasteiger partial charge in [0.2, 0.25) is 0 Å². The first-order valence-electron chi connectivity index (χ1n) is 3.66. The fourth-order valence-corrected chi connectivity index (χ4v) is 0.969. The van der Waals surface area contributed by atoms with E-state index >= 15 is 0 Å². The lowest BCUT2D eigenvalue weighted by Gasteiger charge is -2.22. The lowest BCUT2D eigenvalue weighted by molar-refractivity contribution is -0.419. The molecule has 0 aliphatic heterocycles. The second-order valence-electron chi connectivity index (χ2n) is 3.47. The van der Waals surface area contributed by atoms with Gasteiger partial charge in [-0.25, -0.2) is 4.39 Å². The molecular weight excluding hydrogens is 161 g/mol.